The highest BCUT2D eigenvalue weighted by atomic mass is 16.5. The van der Waals surface area contributed by atoms with Crippen LogP contribution in [0.3, 0.4) is 0 Å². The predicted octanol–water partition coefficient (Wildman–Crippen LogP) is 3.82. The molecule has 0 aliphatic carbocycles. The van der Waals surface area contributed by atoms with E-state index in [1.54, 1.807) is 23.1 Å². The molecule has 3 aromatic rings. The molecular weight excluding hydrogens is 440 g/mol. The van der Waals surface area contributed by atoms with Gasteiger partial charge in [0, 0.05) is 17.7 Å². The van der Waals surface area contributed by atoms with E-state index < -0.39 is 0 Å². The summed E-state index contributed by atoms with van der Waals surface area (Å²) in [7, 11) is 0. The number of nitrogens with one attached hydrogen (secondary N) is 2. The molecule has 1 aliphatic heterocycles. The summed E-state index contributed by atoms with van der Waals surface area (Å²) in [5.74, 6) is 1.33. The molecule has 1 saturated heterocycles. The van der Waals surface area contributed by atoms with E-state index in [1.807, 2.05) is 60.7 Å². The summed E-state index contributed by atoms with van der Waals surface area (Å²) in [6.45, 7) is 3.14. The topological polar surface area (TPSA) is 101 Å². The van der Waals surface area contributed by atoms with Crippen LogP contribution in [-0.2, 0) is 6.54 Å². The van der Waals surface area contributed by atoms with Crippen LogP contribution in [0, 0.1) is 5.41 Å². The number of hydrogen-bond acceptors (Lipinski definition) is 5. The van der Waals surface area contributed by atoms with Gasteiger partial charge in [0.05, 0.1) is 6.54 Å². The van der Waals surface area contributed by atoms with Gasteiger partial charge in [0.1, 0.15) is 30.0 Å². The van der Waals surface area contributed by atoms with Gasteiger partial charge < -0.3 is 25.4 Å². The summed E-state index contributed by atoms with van der Waals surface area (Å²) in [5.41, 5.74) is 7.83. The van der Waals surface area contributed by atoms with E-state index in [2.05, 4.69) is 5.32 Å². The molecular formula is C28H32N4O3. The maximum Gasteiger partial charge on any atom is 0.254 e. The summed E-state index contributed by atoms with van der Waals surface area (Å²) < 4.78 is 12.0. The first-order valence-electron chi connectivity index (χ1n) is 12.0. The van der Waals surface area contributed by atoms with Crippen molar-refractivity contribution in [3.8, 4) is 11.5 Å². The number of hydrogen-bond donors (Lipinski definition) is 3. The molecule has 0 bridgehead atoms. The Morgan fingerprint density at radius 3 is 2.40 bits per heavy atom. The lowest BCUT2D eigenvalue weighted by Gasteiger charge is -2.25. The van der Waals surface area contributed by atoms with Crippen LogP contribution >= 0.6 is 0 Å². The number of piperidine rings is 1. The van der Waals surface area contributed by atoms with E-state index in [0.717, 1.165) is 37.2 Å². The zero-order valence-electron chi connectivity index (χ0n) is 19.8. The van der Waals surface area contributed by atoms with Gasteiger partial charge in [-0.1, -0.05) is 42.5 Å². The minimum Gasteiger partial charge on any atom is -0.492 e. The van der Waals surface area contributed by atoms with E-state index in [1.165, 1.54) is 0 Å². The van der Waals surface area contributed by atoms with Crippen LogP contribution in [0.25, 0.3) is 0 Å². The molecule has 1 aliphatic rings. The largest absolute Gasteiger partial charge is 0.492 e. The van der Waals surface area contributed by atoms with Crippen LogP contribution < -0.4 is 20.5 Å². The van der Waals surface area contributed by atoms with Crippen LogP contribution in [0.5, 0.6) is 11.5 Å². The van der Waals surface area contributed by atoms with Crippen LogP contribution in [0.15, 0.2) is 78.9 Å². The van der Waals surface area contributed by atoms with Crippen LogP contribution in [-0.4, -0.2) is 49.0 Å². The molecule has 4 rings (SSSR count). The van der Waals surface area contributed by atoms with Crippen LogP contribution in [0.2, 0.25) is 0 Å². The Morgan fingerprint density at radius 1 is 0.943 bits per heavy atom. The van der Waals surface area contributed by atoms with Gasteiger partial charge in [0.15, 0.2) is 0 Å². The van der Waals surface area contributed by atoms with Gasteiger partial charge in [0.25, 0.3) is 5.91 Å². The number of amides is 1. The van der Waals surface area contributed by atoms with Crippen molar-refractivity contribution in [2.24, 2.45) is 5.73 Å². The summed E-state index contributed by atoms with van der Waals surface area (Å²) in [6, 6.07) is 24.4. The van der Waals surface area contributed by atoms with Gasteiger partial charge in [-0.15, -0.1) is 0 Å². The molecule has 7 heteroatoms. The fraction of sp³-hybridized carbons (Fsp3) is 0.286. The number of nitrogens with two attached hydrogens (primary N) is 1. The average Bonchev–Trinajstić information content (AvgIpc) is 2.89. The van der Waals surface area contributed by atoms with Crippen LogP contribution in [0.1, 0.15) is 34.3 Å². The molecule has 0 aromatic heterocycles. The minimum absolute atomic E-state index is 0.0103. The van der Waals surface area contributed by atoms with Gasteiger partial charge >= 0.3 is 0 Å². The van der Waals surface area contributed by atoms with Crippen molar-refractivity contribution in [3.05, 3.63) is 95.6 Å². The minimum atomic E-state index is -0.0663. The highest BCUT2D eigenvalue weighted by Gasteiger charge is 2.18. The summed E-state index contributed by atoms with van der Waals surface area (Å²) in [6.07, 6.45) is 2.19. The van der Waals surface area contributed by atoms with Gasteiger partial charge in [-0.05, 0) is 67.9 Å². The zero-order chi connectivity index (χ0) is 24.5. The predicted molar refractivity (Wildman–Crippen MR) is 137 cm³/mol. The third kappa shape index (κ3) is 7.07. The fourth-order valence-electron chi connectivity index (χ4n) is 4.05. The zero-order valence-corrected chi connectivity index (χ0v) is 19.8. The van der Waals surface area contributed by atoms with Crippen molar-refractivity contribution in [2.75, 3.05) is 26.2 Å². The lowest BCUT2D eigenvalue weighted by atomic mass is 10.1. The van der Waals surface area contributed by atoms with Crippen molar-refractivity contribution in [3.63, 3.8) is 0 Å². The van der Waals surface area contributed by atoms with E-state index in [4.69, 9.17) is 20.6 Å². The highest BCUT2D eigenvalue weighted by molar-refractivity contribution is 5.95. The molecule has 0 atom stereocenters. The quantitative estimate of drug-likeness (QED) is 0.308. The molecule has 182 valence electrons. The molecule has 1 amide bonds. The number of amidine groups is 1. The van der Waals surface area contributed by atoms with Gasteiger partial charge in [0.2, 0.25) is 0 Å². The first-order chi connectivity index (χ1) is 17.1. The number of nitrogen functional groups attached to an aromatic ring is 1. The molecule has 35 heavy (non-hydrogen) atoms. The fourth-order valence-corrected chi connectivity index (χ4v) is 4.05. The Kier molecular flexibility index (Phi) is 8.35. The molecule has 3 aromatic carbocycles. The third-order valence-corrected chi connectivity index (χ3v) is 5.97. The molecule has 4 N–H and O–H groups in total. The Labute approximate surface area is 206 Å². The number of ether oxygens (including phenoxy) is 2. The Balaban J connectivity index is 1.41. The molecule has 0 radical (unpaired) electrons. The lowest BCUT2D eigenvalue weighted by molar-refractivity contribution is 0.0716. The Bertz CT molecular complexity index is 1110. The maximum atomic E-state index is 13.4. The summed E-state index contributed by atoms with van der Waals surface area (Å²) >= 11 is 0. The van der Waals surface area contributed by atoms with Gasteiger partial charge in [-0.2, -0.15) is 0 Å². The van der Waals surface area contributed by atoms with Crippen LogP contribution in [0.4, 0.5) is 0 Å². The Hall–Kier alpha value is -3.84. The van der Waals surface area contributed by atoms with Crippen molar-refractivity contribution in [1.29, 1.82) is 5.41 Å². The van der Waals surface area contributed by atoms with E-state index >= 15 is 0 Å². The number of nitrogens with zero attached hydrogens (tertiary/aromatic N) is 1. The number of rotatable bonds is 10. The lowest BCUT2D eigenvalue weighted by Crippen LogP contribution is -2.34. The number of carbonyl (C=O) groups is 1. The van der Waals surface area contributed by atoms with Gasteiger partial charge in [-0.3, -0.25) is 10.2 Å². The molecule has 1 fully saturated rings. The van der Waals surface area contributed by atoms with E-state index in [-0.39, 0.29) is 17.8 Å². The average molecular weight is 473 g/mol. The van der Waals surface area contributed by atoms with E-state index in [9.17, 15) is 4.79 Å². The highest BCUT2D eigenvalue weighted by Crippen LogP contribution is 2.19. The molecule has 0 spiro atoms. The molecule has 0 unspecified atom stereocenters. The SMILES string of the molecule is N=C(N)c1cccc(OCCN(Cc2ccccc2)C(=O)c2ccc(OC3CCNCC3)cc2)c1. The van der Waals surface area contributed by atoms with Crippen molar-refractivity contribution >= 4 is 11.7 Å². The number of benzene rings is 3. The second kappa shape index (κ2) is 12.0. The third-order valence-electron chi connectivity index (χ3n) is 5.97. The second-order valence-corrected chi connectivity index (χ2v) is 8.59. The molecule has 0 saturated carbocycles. The molecule has 7 nitrogen and oxygen atoms in total. The Morgan fingerprint density at radius 2 is 1.69 bits per heavy atom. The first-order valence-corrected chi connectivity index (χ1v) is 12.0. The van der Waals surface area contributed by atoms with E-state index in [0.29, 0.717) is 36.6 Å². The van der Waals surface area contributed by atoms with Crippen molar-refractivity contribution in [2.45, 2.75) is 25.5 Å². The maximum absolute atomic E-state index is 13.4. The normalized spacial score (nSPS) is 13.7. The van der Waals surface area contributed by atoms with Crippen molar-refractivity contribution < 1.29 is 14.3 Å². The first kappa shape index (κ1) is 24.3. The van der Waals surface area contributed by atoms with Gasteiger partial charge in [-0.25, -0.2) is 0 Å². The summed E-state index contributed by atoms with van der Waals surface area (Å²) in [5, 5.41) is 10.9. The second-order valence-electron chi connectivity index (χ2n) is 8.59. The monoisotopic (exact) mass is 472 g/mol. The van der Waals surface area contributed by atoms with Crippen molar-refractivity contribution in [1.82, 2.24) is 10.2 Å². The molecule has 1 heterocycles. The smallest absolute Gasteiger partial charge is 0.254 e. The standard InChI is InChI=1S/C28H32N4O3/c29-27(30)23-7-4-8-26(19-23)34-18-17-32(20-21-5-2-1-3-6-21)28(33)22-9-11-24(12-10-22)35-25-13-15-31-16-14-25/h1-12,19,25,31H,13-18,20H2,(H3,29,30). The summed E-state index contributed by atoms with van der Waals surface area (Å²) in [4.78, 5) is 15.2. The number of carbonyl (C=O) groups excluding carboxylic acids is 1.